The normalized spacial score (nSPS) is 14.3. The molecule has 0 radical (unpaired) electrons. The zero-order valence-electron chi connectivity index (χ0n) is 7.15. The van der Waals surface area contributed by atoms with E-state index in [2.05, 4.69) is 32.8 Å². The van der Waals surface area contributed by atoms with Crippen LogP contribution in [0.15, 0.2) is 0 Å². The van der Waals surface area contributed by atoms with Crippen molar-refractivity contribution >= 4 is 0 Å². The highest BCUT2D eigenvalue weighted by atomic mass is 15.0. The zero-order chi connectivity index (χ0) is 7.28. The molecule has 0 bridgehead atoms. The Hall–Kier alpha value is -0.0400. The molecule has 0 fully saturated rings. The third-order valence-corrected chi connectivity index (χ3v) is 1.77. The number of hydrogen-bond acceptors (Lipinski definition) is 1. The van der Waals surface area contributed by atoms with Crippen LogP contribution < -0.4 is 0 Å². The van der Waals surface area contributed by atoms with Crippen molar-refractivity contribution in [3.8, 4) is 0 Å². The van der Waals surface area contributed by atoms with Gasteiger partial charge >= 0.3 is 0 Å². The number of hydrogen-bond donors (Lipinski definition) is 0. The minimum absolute atomic E-state index is 0.896. The van der Waals surface area contributed by atoms with Gasteiger partial charge in [-0.1, -0.05) is 20.3 Å². The molecular weight excluding hydrogens is 110 g/mol. The highest BCUT2D eigenvalue weighted by Gasteiger charge is 1.97. The monoisotopic (exact) mass is 129 g/mol. The van der Waals surface area contributed by atoms with Gasteiger partial charge < -0.3 is 4.90 Å². The smallest absolute Gasteiger partial charge is 0.00223 e. The van der Waals surface area contributed by atoms with Gasteiger partial charge in [-0.3, -0.25) is 0 Å². The molecule has 0 aromatic carbocycles. The molecule has 0 aromatic rings. The lowest BCUT2D eigenvalue weighted by Crippen LogP contribution is -2.15. The van der Waals surface area contributed by atoms with Crippen molar-refractivity contribution < 1.29 is 0 Å². The van der Waals surface area contributed by atoms with Gasteiger partial charge in [-0.2, -0.15) is 0 Å². The van der Waals surface area contributed by atoms with Gasteiger partial charge in [0.1, 0.15) is 0 Å². The third-order valence-electron chi connectivity index (χ3n) is 1.77. The van der Waals surface area contributed by atoms with Crippen LogP contribution in [0.4, 0.5) is 0 Å². The maximum absolute atomic E-state index is 2.31. The van der Waals surface area contributed by atoms with Crippen LogP contribution in [0.1, 0.15) is 26.7 Å². The van der Waals surface area contributed by atoms with Crippen molar-refractivity contribution in [3.05, 3.63) is 0 Å². The van der Waals surface area contributed by atoms with Crippen LogP contribution in [0, 0.1) is 5.92 Å². The Morgan fingerprint density at radius 2 is 1.89 bits per heavy atom. The average molecular weight is 129 g/mol. The van der Waals surface area contributed by atoms with Crippen molar-refractivity contribution in [1.29, 1.82) is 0 Å². The summed E-state index contributed by atoms with van der Waals surface area (Å²) in [7, 11) is 4.25. The summed E-state index contributed by atoms with van der Waals surface area (Å²) in [5.41, 5.74) is 0. The lowest BCUT2D eigenvalue weighted by atomic mass is 10.1. The molecule has 0 saturated carbocycles. The molecule has 0 aromatic heterocycles. The first kappa shape index (κ1) is 8.96. The van der Waals surface area contributed by atoms with Crippen molar-refractivity contribution in [2.24, 2.45) is 5.92 Å². The molecule has 9 heavy (non-hydrogen) atoms. The quantitative estimate of drug-likeness (QED) is 0.561. The fourth-order valence-corrected chi connectivity index (χ4v) is 0.683. The van der Waals surface area contributed by atoms with E-state index in [-0.39, 0.29) is 0 Å². The van der Waals surface area contributed by atoms with Crippen molar-refractivity contribution in [2.75, 3.05) is 20.6 Å². The second kappa shape index (κ2) is 4.80. The molecule has 0 N–H and O–H groups in total. The van der Waals surface area contributed by atoms with Gasteiger partial charge in [0.25, 0.3) is 0 Å². The van der Waals surface area contributed by atoms with Gasteiger partial charge in [-0.15, -0.1) is 0 Å². The van der Waals surface area contributed by atoms with Crippen molar-refractivity contribution in [2.45, 2.75) is 26.7 Å². The van der Waals surface area contributed by atoms with Gasteiger partial charge in [-0.25, -0.2) is 0 Å². The van der Waals surface area contributed by atoms with Gasteiger partial charge in [0.15, 0.2) is 0 Å². The zero-order valence-corrected chi connectivity index (χ0v) is 7.15. The fourth-order valence-electron chi connectivity index (χ4n) is 0.683. The summed E-state index contributed by atoms with van der Waals surface area (Å²) >= 11 is 0. The van der Waals surface area contributed by atoms with Gasteiger partial charge in [0.05, 0.1) is 0 Å². The summed E-state index contributed by atoms with van der Waals surface area (Å²) in [6.45, 7) is 5.79. The molecule has 1 nitrogen and oxygen atoms in total. The summed E-state index contributed by atoms with van der Waals surface area (Å²) in [6, 6.07) is 0. The SMILES string of the molecule is CCC(C)CCN(C)C. The molecule has 0 aliphatic rings. The lowest BCUT2D eigenvalue weighted by Gasteiger charge is -2.12. The van der Waals surface area contributed by atoms with E-state index >= 15 is 0 Å². The average Bonchev–Trinajstić information content (AvgIpc) is 1.83. The minimum atomic E-state index is 0.896. The number of rotatable bonds is 4. The first-order valence-electron chi connectivity index (χ1n) is 3.81. The Labute approximate surface area is 59.1 Å². The summed E-state index contributed by atoms with van der Waals surface area (Å²) in [5, 5.41) is 0. The molecule has 0 saturated heterocycles. The van der Waals surface area contributed by atoms with Crippen LogP contribution >= 0.6 is 0 Å². The highest BCUT2D eigenvalue weighted by molar-refractivity contribution is 4.51. The maximum atomic E-state index is 2.31. The van der Waals surface area contributed by atoms with Gasteiger partial charge in [0.2, 0.25) is 0 Å². The molecule has 56 valence electrons. The largest absolute Gasteiger partial charge is 0.309 e. The van der Waals surface area contributed by atoms with Crippen LogP contribution in [0.2, 0.25) is 0 Å². The molecule has 1 atom stereocenters. The molecule has 0 amide bonds. The van der Waals surface area contributed by atoms with Gasteiger partial charge in [-0.05, 0) is 33.0 Å². The first-order chi connectivity index (χ1) is 4.16. The lowest BCUT2D eigenvalue weighted by molar-refractivity contribution is 0.356. The third kappa shape index (κ3) is 5.84. The van der Waals surface area contributed by atoms with E-state index in [4.69, 9.17) is 0 Å². The predicted molar refractivity (Wildman–Crippen MR) is 42.6 cm³/mol. The van der Waals surface area contributed by atoms with Crippen molar-refractivity contribution in [3.63, 3.8) is 0 Å². The van der Waals surface area contributed by atoms with E-state index in [9.17, 15) is 0 Å². The molecule has 0 rings (SSSR count). The van der Waals surface area contributed by atoms with Crippen LogP contribution in [-0.2, 0) is 0 Å². The molecule has 1 unspecified atom stereocenters. The van der Waals surface area contributed by atoms with Crippen LogP contribution in [-0.4, -0.2) is 25.5 Å². The van der Waals surface area contributed by atoms with Crippen molar-refractivity contribution in [1.82, 2.24) is 4.90 Å². The Kier molecular flexibility index (Phi) is 4.78. The standard InChI is InChI=1S/C8H19N/c1-5-8(2)6-7-9(3)4/h8H,5-7H2,1-4H3. The van der Waals surface area contributed by atoms with E-state index < -0.39 is 0 Å². The second-order valence-electron chi connectivity index (χ2n) is 3.11. The Morgan fingerprint density at radius 1 is 1.33 bits per heavy atom. The van der Waals surface area contributed by atoms with E-state index in [1.807, 2.05) is 0 Å². The van der Waals surface area contributed by atoms with Crippen LogP contribution in [0.25, 0.3) is 0 Å². The second-order valence-corrected chi connectivity index (χ2v) is 3.11. The molecule has 0 aliphatic heterocycles. The summed E-state index contributed by atoms with van der Waals surface area (Å²) in [5.74, 6) is 0.896. The van der Waals surface area contributed by atoms with E-state index in [1.54, 1.807) is 0 Å². The minimum Gasteiger partial charge on any atom is -0.309 e. The summed E-state index contributed by atoms with van der Waals surface area (Å²) < 4.78 is 0. The first-order valence-corrected chi connectivity index (χ1v) is 3.81. The molecule has 0 heterocycles. The van der Waals surface area contributed by atoms with Gasteiger partial charge in [0, 0.05) is 0 Å². The van der Waals surface area contributed by atoms with E-state index in [0.29, 0.717) is 0 Å². The highest BCUT2D eigenvalue weighted by Crippen LogP contribution is 2.05. The van der Waals surface area contributed by atoms with E-state index in [1.165, 1.54) is 19.4 Å². The molecule has 0 spiro atoms. The van der Waals surface area contributed by atoms with Crippen LogP contribution in [0.3, 0.4) is 0 Å². The Bertz CT molecular complexity index is 59.6. The molecular formula is C8H19N. The van der Waals surface area contributed by atoms with E-state index in [0.717, 1.165) is 5.92 Å². The number of nitrogens with zero attached hydrogens (tertiary/aromatic N) is 1. The fraction of sp³-hybridized carbons (Fsp3) is 1.00. The summed E-state index contributed by atoms with van der Waals surface area (Å²) in [4.78, 5) is 2.24. The molecule has 0 aliphatic carbocycles. The Balaban J connectivity index is 3.06. The topological polar surface area (TPSA) is 3.24 Å². The maximum Gasteiger partial charge on any atom is -0.00223 e. The Morgan fingerprint density at radius 3 is 2.22 bits per heavy atom. The predicted octanol–water partition coefficient (Wildman–Crippen LogP) is 1.98. The van der Waals surface area contributed by atoms with Crippen LogP contribution in [0.5, 0.6) is 0 Å². The molecule has 1 heteroatoms. The summed E-state index contributed by atoms with van der Waals surface area (Å²) in [6.07, 6.45) is 2.65.